The molecule has 0 aliphatic heterocycles. The summed E-state index contributed by atoms with van der Waals surface area (Å²) < 4.78 is 0.701. The van der Waals surface area contributed by atoms with Gasteiger partial charge in [0.25, 0.3) is 5.91 Å². The number of aromatic nitrogens is 5. The van der Waals surface area contributed by atoms with E-state index in [1.807, 2.05) is 43.3 Å². The first-order valence-electron chi connectivity index (χ1n) is 10.5. The lowest BCUT2D eigenvalue weighted by molar-refractivity contribution is 0.102. The molecule has 4 aromatic heterocycles. The lowest BCUT2D eigenvalue weighted by Gasteiger charge is -2.14. The Labute approximate surface area is 209 Å². The van der Waals surface area contributed by atoms with Crippen molar-refractivity contribution in [1.29, 1.82) is 0 Å². The van der Waals surface area contributed by atoms with Gasteiger partial charge >= 0.3 is 0 Å². The highest BCUT2D eigenvalue weighted by molar-refractivity contribution is 7.18. The Morgan fingerprint density at radius 3 is 2.86 bits per heavy atom. The van der Waals surface area contributed by atoms with Crippen LogP contribution in [0.15, 0.2) is 60.5 Å². The van der Waals surface area contributed by atoms with E-state index in [4.69, 9.17) is 5.73 Å². The van der Waals surface area contributed by atoms with E-state index in [0.717, 1.165) is 38.6 Å². The molecule has 1 amide bonds. The van der Waals surface area contributed by atoms with Crippen molar-refractivity contribution >= 4 is 84.6 Å². The van der Waals surface area contributed by atoms with Crippen LogP contribution in [0.3, 0.4) is 0 Å². The van der Waals surface area contributed by atoms with Gasteiger partial charge in [-0.2, -0.15) is 5.10 Å². The van der Waals surface area contributed by atoms with Crippen LogP contribution < -0.4 is 16.4 Å². The van der Waals surface area contributed by atoms with Gasteiger partial charge in [0.15, 0.2) is 0 Å². The van der Waals surface area contributed by atoms with Crippen LogP contribution in [0.2, 0.25) is 0 Å². The first-order valence-corrected chi connectivity index (χ1v) is 11.3. The summed E-state index contributed by atoms with van der Waals surface area (Å²) in [4.78, 5) is 26.0. The number of benzene rings is 2. The van der Waals surface area contributed by atoms with Gasteiger partial charge in [-0.3, -0.25) is 9.89 Å². The van der Waals surface area contributed by atoms with Crippen molar-refractivity contribution in [1.82, 2.24) is 25.1 Å². The molecule has 0 aliphatic rings. The number of thiophene rings is 1. The molecule has 174 valence electrons. The summed E-state index contributed by atoms with van der Waals surface area (Å²) in [6.45, 7) is 1.96. The zero-order valence-electron chi connectivity index (χ0n) is 18.4. The highest BCUT2D eigenvalue weighted by atomic mass is 35.5. The number of H-pyrrole nitrogens is 1. The normalized spacial score (nSPS) is 11.0. The summed E-state index contributed by atoms with van der Waals surface area (Å²) in [6.07, 6.45) is 4.87. The summed E-state index contributed by atoms with van der Waals surface area (Å²) >= 11 is 1.35. The van der Waals surface area contributed by atoms with Gasteiger partial charge in [0.2, 0.25) is 0 Å². The van der Waals surface area contributed by atoms with E-state index in [2.05, 4.69) is 35.8 Å². The minimum Gasteiger partial charge on any atom is -0.382 e. The number of nitrogens with two attached hydrogens (primary N) is 1. The molecule has 0 fully saturated rings. The Kier molecular flexibility index (Phi) is 5.67. The standard InChI is InChI=1S/C24H18N8OS.ClH/c1-12-2-4-16-15(6-7-26-23(16)30-14-3-5-18-13(8-14)9-29-32-18)19(12)31-24(33)17-10-34-21-20(17)27-11-28-22(21)25;/h2-11H,1H3,(H,26,30)(H,29,32)(H,31,33)(H2,25,27,28);1H. The molecule has 0 spiro atoms. The van der Waals surface area contributed by atoms with E-state index in [0.29, 0.717) is 27.4 Å². The zero-order chi connectivity index (χ0) is 23.2. The topological polar surface area (TPSA) is 134 Å². The van der Waals surface area contributed by atoms with Gasteiger partial charge in [0.05, 0.1) is 33.2 Å². The van der Waals surface area contributed by atoms with Crippen LogP contribution in [0.4, 0.5) is 23.0 Å². The van der Waals surface area contributed by atoms with Gasteiger partial charge in [-0.1, -0.05) is 12.1 Å². The minimum absolute atomic E-state index is 0. The van der Waals surface area contributed by atoms with Gasteiger partial charge in [-0.05, 0) is 36.8 Å². The van der Waals surface area contributed by atoms with Gasteiger partial charge in [-0.15, -0.1) is 23.7 Å². The zero-order valence-corrected chi connectivity index (χ0v) is 20.0. The second-order valence-corrected chi connectivity index (χ2v) is 8.73. The molecule has 35 heavy (non-hydrogen) atoms. The van der Waals surface area contributed by atoms with Crippen LogP contribution in [0.1, 0.15) is 15.9 Å². The van der Waals surface area contributed by atoms with Crippen LogP contribution in [-0.2, 0) is 0 Å². The summed E-state index contributed by atoms with van der Waals surface area (Å²) in [6, 6.07) is 11.8. The summed E-state index contributed by atoms with van der Waals surface area (Å²) in [5, 5.41) is 18.0. The maximum Gasteiger partial charge on any atom is 0.258 e. The number of nitrogens with one attached hydrogen (secondary N) is 3. The van der Waals surface area contributed by atoms with Crippen molar-refractivity contribution in [3.63, 3.8) is 0 Å². The highest BCUT2D eigenvalue weighted by Gasteiger charge is 2.18. The Morgan fingerprint density at radius 2 is 1.97 bits per heavy atom. The fourth-order valence-electron chi connectivity index (χ4n) is 4.00. The number of aromatic amines is 1. The first-order chi connectivity index (χ1) is 16.6. The van der Waals surface area contributed by atoms with E-state index in [1.165, 1.54) is 17.7 Å². The minimum atomic E-state index is -0.253. The fourth-order valence-corrected chi connectivity index (χ4v) is 4.90. The highest BCUT2D eigenvalue weighted by Crippen LogP contribution is 2.34. The van der Waals surface area contributed by atoms with Crippen molar-refractivity contribution in [2.75, 3.05) is 16.4 Å². The molecule has 0 saturated heterocycles. The SMILES string of the molecule is Cc1ccc2c(Nc3ccc4[nH]ncc4c3)nccc2c1NC(=O)c1csc2c(N)ncnc12.Cl. The number of aryl methyl sites for hydroxylation is 1. The Balaban J connectivity index is 0.00000253. The monoisotopic (exact) mass is 502 g/mol. The summed E-state index contributed by atoms with van der Waals surface area (Å²) in [5.41, 5.74) is 10.5. The third-order valence-corrected chi connectivity index (χ3v) is 6.71. The van der Waals surface area contributed by atoms with Crippen LogP contribution in [-0.4, -0.2) is 31.1 Å². The number of nitrogen functional groups attached to an aromatic ring is 1. The predicted molar refractivity (Wildman–Crippen MR) is 143 cm³/mol. The van der Waals surface area contributed by atoms with Crippen molar-refractivity contribution in [3.05, 3.63) is 71.6 Å². The second-order valence-electron chi connectivity index (χ2n) is 7.85. The van der Waals surface area contributed by atoms with E-state index < -0.39 is 0 Å². The number of anilines is 4. The number of rotatable bonds is 4. The Bertz CT molecular complexity index is 1730. The van der Waals surface area contributed by atoms with E-state index in [9.17, 15) is 4.79 Å². The molecule has 6 aromatic rings. The molecule has 6 rings (SSSR count). The second kappa shape index (κ2) is 8.82. The van der Waals surface area contributed by atoms with E-state index in [-0.39, 0.29) is 18.3 Å². The van der Waals surface area contributed by atoms with Gasteiger partial charge in [0.1, 0.15) is 18.0 Å². The summed E-state index contributed by atoms with van der Waals surface area (Å²) in [5.74, 6) is 0.805. The van der Waals surface area contributed by atoms with Crippen LogP contribution in [0.5, 0.6) is 0 Å². The maximum absolute atomic E-state index is 13.2. The maximum atomic E-state index is 13.2. The molecule has 0 aliphatic carbocycles. The number of hydrogen-bond acceptors (Lipinski definition) is 8. The number of pyridine rings is 1. The largest absolute Gasteiger partial charge is 0.382 e. The molecule has 0 radical (unpaired) electrons. The average Bonchev–Trinajstić information content (AvgIpc) is 3.48. The fraction of sp³-hybridized carbons (Fsp3) is 0.0417. The number of fused-ring (bicyclic) bond motifs is 3. The number of hydrogen-bond donors (Lipinski definition) is 4. The van der Waals surface area contributed by atoms with Crippen molar-refractivity contribution in [2.45, 2.75) is 6.92 Å². The lowest BCUT2D eigenvalue weighted by atomic mass is 10.0. The molecule has 4 heterocycles. The van der Waals surface area contributed by atoms with Crippen molar-refractivity contribution in [2.24, 2.45) is 0 Å². The molecule has 0 atom stereocenters. The quantitative estimate of drug-likeness (QED) is 0.252. The van der Waals surface area contributed by atoms with Crippen LogP contribution in [0, 0.1) is 6.92 Å². The molecular formula is C24H19ClN8OS. The van der Waals surface area contributed by atoms with Crippen LogP contribution >= 0.6 is 23.7 Å². The third-order valence-electron chi connectivity index (χ3n) is 5.72. The molecule has 0 bridgehead atoms. The van der Waals surface area contributed by atoms with E-state index in [1.54, 1.807) is 17.8 Å². The van der Waals surface area contributed by atoms with Gasteiger partial charge in [-0.25, -0.2) is 15.0 Å². The molecule has 2 aromatic carbocycles. The number of amides is 1. The number of nitrogens with zero attached hydrogens (tertiary/aromatic N) is 4. The van der Waals surface area contributed by atoms with Crippen LogP contribution in [0.25, 0.3) is 31.9 Å². The Hall–Kier alpha value is -4.28. The van der Waals surface area contributed by atoms with Crippen molar-refractivity contribution in [3.8, 4) is 0 Å². The third kappa shape index (κ3) is 3.88. The van der Waals surface area contributed by atoms with Gasteiger partial charge < -0.3 is 16.4 Å². The summed E-state index contributed by atoms with van der Waals surface area (Å²) in [7, 11) is 0. The van der Waals surface area contributed by atoms with Crippen molar-refractivity contribution < 1.29 is 4.79 Å². The number of halogens is 1. The van der Waals surface area contributed by atoms with E-state index >= 15 is 0 Å². The van der Waals surface area contributed by atoms with Gasteiger partial charge in [0, 0.05) is 33.4 Å². The molecule has 11 heteroatoms. The Morgan fingerprint density at radius 1 is 1.09 bits per heavy atom. The molecule has 0 unspecified atom stereocenters. The molecule has 0 saturated carbocycles. The molecule has 9 nitrogen and oxygen atoms in total. The average molecular weight is 503 g/mol. The number of carbonyl (C=O) groups excluding carboxylic acids is 1. The molecule has 5 N–H and O–H groups in total. The first kappa shape index (κ1) is 22.5. The number of carbonyl (C=O) groups is 1. The molecular weight excluding hydrogens is 484 g/mol. The lowest BCUT2D eigenvalue weighted by Crippen LogP contribution is -2.13. The smallest absolute Gasteiger partial charge is 0.258 e. The predicted octanol–water partition coefficient (Wildman–Crippen LogP) is 5.42.